The molecule has 2 unspecified atom stereocenters. The van der Waals surface area contributed by atoms with Crippen LogP contribution in [0.25, 0.3) is 0 Å². The summed E-state index contributed by atoms with van der Waals surface area (Å²) in [5, 5.41) is 0. The van der Waals surface area contributed by atoms with Crippen LogP contribution in [0.2, 0.25) is 0 Å². The Morgan fingerprint density at radius 1 is 1.17 bits per heavy atom. The summed E-state index contributed by atoms with van der Waals surface area (Å²) in [4.78, 5) is 16.7. The second-order valence-corrected chi connectivity index (χ2v) is 5.91. The molecule has 0 aromatic rings. The van der Waals surface area contributed by atoms with Crippen molar-refractivity contribution in [2.24, 2.45) is 11.7 Å². The van der Waals surface area contributed by atoms with Crippen LogP contribution in [0.5, 0.6) is 0 Å². The van der Waals surface area contributed by atoms with Crippen LogP contribution >= 0.6 is 0 Å². The third kappa shape index (κ3) is 3.16. The molecule has 4 heteroatoms. The fourth-order valence-electron chi connectivity index (χ4n) is 3.22. The number of rotatable bonds is 1. The molecule has 0 saturated carbocycles. The fraction of sp³-hybridized carbons (Fsp3) is 0.929. The number of amides is 2. The summed E-state index contributed by atoms with van der Waals surface area (Å²) in [7, 11) is 0. The normalized spacial score (nSPS) is 30.1. The van der Waals surface area contributed by atoms with Crippen molar-refractivity contribution in [2.75, 3.05) is 26.2 Å². The Hall–Kier alpha value is -0.770. The van der Waals surface area contributed by atoms with E-state index in [9.17, 15) is 4.79 Å². The SMILES string of the molecule is CC1CCCN(C(=O)N2CCCCCC2CN)C1. The van der Waals surface area contributed by atoms with E-state index in [2.05, 4.69) is 6.92 Å². The molecule has 2 aliphatic rings. The zero-order valence-electron chi connectivity index (χ0n) is 11.6. The molecule has 0 bridgehead atoms. The van der Waals surface area contributed by atoms with Crippen molar-refractivity contribution in [3.05, 3.63) is 0 Å². The van der Waals surface area contributed by atoms with Crippen LogP contribution in [0.3, 0.4) is 0 Å². The van der Waals surface area contributed by atoms with E-state index in [1.165, 1.54) is 19.3 Å². The Labute approximate surface area is 110 Å². The molecule has 0 radical (unpaired) electrons. The van der Waals surface area contributed by atoms with Crippen molar-refractivity contribution < 1.29 is 4.79 Å². The number of hydrogen-bond donors (Lipinski definition) is 1. The number of piperidine rings is 1. The quantitative estimate of drug-likeness (QED) is 0.777. The molecule has 0 aromatic heterocycles. The van der Waals surface area contributed by atoms with Crippen molar-refractivity contribution in [3.63, 3.8) is 0 Å². The van der Waals surface area contributed by atoms with Gasteiger partial charge < -0.3 is 15.5 Å². The highest BCUT2D eigenvalue weighted by Crippen LogP contribution is 2.21. The van der Waals surface area contributed by atoms with Crippen LogP contribution in [0.4, 0.5) is 4.79 Å². The number of carbonyl (C=O) groups excluding carboxylic acids is 1. The van der Waals surface area contributed by atoms with Crippen LogP contribution in [0.1, 0.15) is 45.4 Å². The van der Waals surface area contributed by atoms with E-state index in [1.54, 1.807) is 0 Å². The summed E-state index contributed by atoms with van der Waals surface area (Å²) in [6, 6.07) is 0.496. The van der Waals surface area contributed by atoms with Crippen molar-refractivity contribution in [1.29, 1.82) is 0 Å². The molecule has 2 amide bonds. The Balaban J connectivity index is 2.00. The first-order valence-corrected chi connectivity index (χ1v) is 7.48. The summed E-state index contributed by atoms with van der Waals surface area (Å²) >= 11 is 0. The van der Waals surface area contributed by atoms with Gasteiger partial charge in [0.2, 0.25) is 0 Å². The van der Waals surface area contributed by atoms with Gasteiger partial charge >= 0.3 is 6.03 Å². The second-order valence-electron chi connectivity index (χ2n) is 5.91. The molecule has 2 rings (SSSR count). The van der Waals surface area contributed by atoms with E-state index in [1.807, 2.05) is 9.80 Å². The highest BCUT2D eigenvalue weighted by molar-refractivity contribution is 5.75. The minimum Gasteiger partial charge on any atom is -0.328 e. The van der Waals surface area contributed by atoms with Gasteiger partial charge in [-0.15, -0.1) is 0 Å². The lowest BCUT2D eigenvalue weighted by Crippen LogP contribution is -2.52. The van der Waals surface area contributed by atoms with Crippen molar-refractivity contribution in [2.45, 2.75) is 51.5 Å². The maximum Gasteiger partial charge on any atom is 0.320 e. The Bertz CT molecular complexity index is 282. The number of nitrogens with two attached hydrogens (primary N) is 1. The fourth-order valence-corrected chi connectivity index (χ4v) is 3.22. The number of likely N-dealkylation sites (tertiary alicyclic amines) is 2. The lowest BCUT2D eigenvalue weighted by molar-refractivity contribution is 0.117. The zero-order valence-corrected chi connectivity index (χ0v) is 11.6. The van der Waals surface area contributed by atoms with Crippen LogP contribution in [0, 0.1) is 5.92 Å². The smallest absolute Gasteiger partial charge is 0.320 e. The molecule has 2 aliphatic heterocycles. The van der Waals surface area contributed by atoms with Crippen molar-refractivity contribution >= 4 is 6.03 Å². The van der Waals surface area contributed by atoms with Crippen molar-refractivity contribution in [1.82, 2.24) is 9.80 Å². The van der Waals surface area contributed by atoms with Gasteiger partial charge in [0.05, 0.1) is 0 Å². The van der Waals surface area contributed by atoms with Gasteiger partial charge in [-0.1, -0.05) is 19.8 Å². The van der Waals surface area contributed by atoms with Gasteiger partial charge in [-0.25, -0.2) is 4.79 Å². The predicted octanol–water partition coefficient (Wildman–Crippen LogP) is 2.04. The molecular formula is C14H27N3O. The van der Waals surface area contributed by atoms with E-state index in [4.69, 9.17) is 5.73 Å². The van der Waals surface area contributed by atoms with Crippen LogP contribution in [0.15, 0.2) is 0 Å². The van der Waals surface area contributed by atoms with E-state index >= 15 is 0 Å². The molecule has 4 nitrogen and oxygen atoms in total. The molecule has 2 saturated heterocycles. The van der Waals surface area contributed by atoms with E-state index in [0.29, 0.717) is 12.5 Å². The maximum absolute atomic E-state index is 12.6. The summed E-state index contributed by atoms with van der Waals surface area (Å²) in [6.07, 6.45) is 7.05. The summed E-state index contributed by atoms with van der Waals surface area (Å²) < 4.78 is 0. The standard InChI is InChI=1S/C14H27N3O/c1-12-6-5-8-16(11-12)14(18)17-9-4-2-3-7-13(17)10-15/h12-13H,2-11,15H2,1H3. The average molecular weight is 253 g/mol. The Morgan fingerprint density at radius 3 is 2.72 bits per heavy atom. The van der Waals surface area contributed by atoms with E-state index in [0.717, 1.165) is 38.9 Å². The third-order valence-corrected chi connectivity index (χ3v) is 4.32. The van der Waals surface area contributed by atoms with Crippen LogP contribution in [-0.2, 0) is 0 Å². The lowest BCUT2D eigenvalue weighted by atomic mass is 10.0. The van der Waals surface area contributed by atoms with Crippen molar-refractivity contribution in [3.8, 4) is 0 Å². The largest absolute Gasteiger partial charge is 0.328 e. The van der Waals surface area contributed by atoms with Crippen LogP contribution < -0.4 is 5.73 Å². The molecule has 104 valence electrons. The average Bonchev–Trinajstić information content (AvgIpc) is 2.62. The van der Waals surface area contributed by atoms with Gasteiger partial charge in [-0.05, 0) is 31.6 Å². The second kappa shape index (κ2) is 6.41. The molecule has 2 fully saturated rings. The van der Waals surface area contributed by atoms with Gasteiger partial charge in [0.25, 0.3) is 0 Å². The number of carbonyl (C=O) groups is 1. The lowest BCUT2D eigenvalue weighted by Gasteiger charge is -2.38. The highest BCUT2D eigenvalue weighted by Gasteiger charge is 2.30. The first kappa shape index (κ1) is 13.7. The van der Waals surface area contributed by atoms with Gasteiger partial charge in [-0.2, -0.15) is 0 Å². The Kier molecular flexibility index (Phi) is 4.87. The van der Waals surface area contributed by atoms with Gasteiger partial charge in [0.15, 0.2) is 0 Å². The molecule has 0 aromatic carbocycles. The summed E-state index contributed by atoms with van der Waals surface area (Å²) in [6.45, 7) is 5.59. The molecule has 0 aliphatic carbocycles. The molecule has 2 atom stereocenters. The predicted molar refractivity (Wildman–Crippen MR) is 73.4 cm³/mol. The number of hydrogen-bond acceptors (Lipinski definition) is 2. The minimum atomic E-state index is 0.235. The number of urea groups is 1. The molecule has 2 N–H and O–H groups in total. The molecular weight excluding hydrogens is 226 g/mol. The first-order valence-electron chi connectivity index (χ1n) is 7.48. The van der Waals surface area contributed by atoms with E-state index in [-0.39, 0.29) is 12.1 Å². The minimum absolute atomic E-state index is 0.235. The van der Waals surface area contributed by atoms with Crippen LogP contribution in [-0.4, -0.2) is 48.1 Å². The Morgan fingerprint density at radius 2 is 2.00 bits per heavy atom. The highest BCUT2D eigenvalue weighted by atomic mass is 16.2. The first-order chi connectivity index (χ1) is 8.72. The number of nitrogens with zero attached hydrogens (tertiary/aromatic N) is 2. The maximum atomic E-state index is 12.6. The van der Waals surface area contributed by atoms with Gasteiger partial charge in [0, 0.05) is 32.2 Å². The van der Waals surface area contributed by atoms with Gasteiger partial charge in [-0.3, -0.25) is 0 Å². The topological polar surface area (TPSA) is 49.6 Å². The third-order valence-electron chi connectivity index (χ3n) is 4.32. The molecule has 0 spiro atoms. The van der Waals surface area contributed by atoms with E-state index < -0.39 is 0 Å². The monoisotopic (exact) mass is 253 g/mol. The zero-order chi connectivity index (χ0) is 13.0. The molecule has 18 heavy (non-hydrogen) atoms. The summed E-state index contributed by atoms with van der Waals surface area (Å²) in [5.74, 6) is 0.644. The van der Waals surface area contributed by atoms with Gasteiger partial charge in [0.1, 0.15) is 0 Å². The summed E-state index contributed by atoms with van der Waals surface area (Å²) in [5.41, 5.74) is 5.85. The molecule has 2 heterocycles.